The molecule has 0 spiro atoms. The highest BCUT2D eigenvalue weighted by Gasteiger charge is 2.31. The van der Waals surface area contributed by atoms with Crippen LogP contribution in [0.3, 0.4) is 0 Å². The molecule has 196 valence electrons. The van der Waals surface area contributed by atoms with E-state index in [1.54, 1.807) is 0 Å². The number of hydrogen-bond acceptors (Lipinski definition) is 0. The highest BCUT2D eigenvalue weighted by Crippen LogP contribution is 2.39. The molecule has 0 aliphatic heterocycles. The van der Waals surface area contributed by atoms with Gasteiger partial charge in [-0.05, 0) is 80.7 Å². The Morgan fingerprint density at radius 1 is 0.486 bits per heavy atom. The van der Waals surface area contributed by atoms with Crippen LogP contribution in [0.2, 0.25) is 0 Å². The predicted octanol–water partition coefficient (Wildman–Crippen LogP) is 10.3. The second-order valence-electron chi connectivity index (χ2n) is 13.1. The number of hydrogen-bond donors (Lipinski definition) is 0. The van der Waals surface area contributed by atoms with E-state index in [0.29, 0.717) is 11.1 Å². The molecule has 0 aromatic heterocycles. The van der Waals surface area contributed by atoms with E-state index >= 15 is 8.78 Å². The Morgan fingerprint density at radius 3 is 1.03 bits per heavy atom. The van der Waals surface area contributed by atoms with Crippen LogP contribution in [0.25, 0.3) is 0 Å². The van der Waals surface area contributed by atoms with Gasteiger partial charge in [-0.2, -0.15) is 0 Å². The molecule has 2 aromatic rings. The molecule has 0 saturated carbocycles. The van der Waals surface area contributed by atoms with Gasteiger partial charge in [-0.1, -0.05) is 107 Å². The molecule has 2 aromatic carbocycles. The van der Waals surface area contributed by atoms with Crippen LogP contribution in [0.4, 0.5) is 8.78 Å². The second kappa shape index (κ2) is 10.3. The molecule has 0 N–H and O–H groups in total. The number of halogens is 2. The fraction of sp³-hybridized carbons (Fsp3) is 0.636. The SMILES string of the molecule is CCC(C)(C)c1cc(Cc2cc(C(C)(C)CC)cc(C(C)(C)CC)c2F)c(F)c(C(C)(C)CC)c1. The van der Waals surface area contributed by atoms with E-state index in [0.717, 1.165) is 47.9 Å². The van der Waals surface area contributed by atoms with Gasteiger partial charge in [0, 0.05) is 6.42 Å². The van der Waals surface area contributed by atoms with E-state index in [1.165, 1.54) is 0 Å². The van der Waals surface area contributed by atoms with Gasteiger partial charge < -0.3 is 0 Å². The summed E-state index contributed by atoms with van der Waals surface area (Å²) in [5.41, 5.74) is 4.21. The topological polar surface area (TPSA) is 0 Å². The van der Waals surface area contributed by atoms with E-state index in [9.17, 15) is 0 Å². The Labute approximate surface area is 214 Å². The maximum absolute atomic E-state index is 16.1. The van der Waals surface area contributed by atoms with Gasteiger partial charge in [-0.15, -0.1) is 0 Å². The molecule has 0 saturated heterocycles. The summed E-state index contributed by atoms with van der Waals surface area (Å²) in [7, 11) is 0. The summed E-state index contributed by atoms with van der Waals surface area (Å²) < 4.78 is 32.2. The lowest BCUT2D eigenvalue weighted by Gasteiger charge is -2.31. The second-order valence-corrected chi connectivity index (χ2v) is 13.1. The van der Waals surface area contributed by atoms with Gasteiger partial charge in [0.2, 0.25) is 0 Å². The lowest BCUT2D eigenvalue weighted by Crippen LogP contribution is -2.24. The van der Waals surface area contributed by atoms with Crippen molar-refractivity contribution < 1.29 is 8.78 Å². The maximum Gasteiger partial charge on any atom is 0.130 e. The lowest BCUT2D eigenvalue weighted by molar-refractivity contribution is 0.452. The van der Waals surface area contributed by atoms with E-state index in [2.05, 4.69) is 95.2 Å². The van der Waals surface area contributed by atoms with Crippen molar-refractivity contribution >= 4 is 0 Å². The van der Waals surface area contributed by atoms with Crippen molar-refractivity contribution in [1.29, 1.82) is 0 Å². The third-order valence-corrected chi connectivity index (χ3v) is 9.23. The summed E-state index contributed by atoms with van der Waals surface area (Å²) in [5.74, 6) is -0.355. The molecular formula is C33H50F2. The van der Waals surface area contributed by atoms with Crippen LogP contribution < -0.4 is 0 Å². The van der Waals surface area contributed by atoms with Gasteiger partial charge in [-0.3, -0.25) is 0 Å². The Kier molecular flexibility index (Phi) is 8.73. The van der Waals surface area contributed by atoms with Crippen molar-refractivity contribution in [1.82, 2.24) is 0 Å². The Balaban J connectivity index is 2.85. The summed E-state index contributed by atoms with van der Waals surface area (Å²) in [6.45, 7) is 25.8. The zero-order valence-corrected chi connectivity index (χ0v) is 24.6. The van der Waals surface area contributed by atoms with Crippen LogP contribution in [0, 0.1) is 11.6 Å². The summed E-state index contributed by atoms with van der Waals surface area (Å²) in [4.78, 5) is 0. The standard InChI is InChI=1S/C33H50F2/c1-13-30(5,6)24-18-22(28(34)26(20-24)32(9,10)15-3)17-23-19-25(31(7,8)14-2)21-27(29(23)35)33(11,12)16-4/h18-21H,13-17H2,1-12H3. The van der Waals surface area contributed by atoms with E-state index in [4.69, 9.17) is 0 Å². The van der Waals surface area contributed by atoms with E-state index in [-0.39, 0.29) is 39.7 Å². The summed E-state index contributed by atoms with van der Waals surface area (Å²) >= 11 is 0. The monoisotopic (exact) mass is 484 g/mol. The molecule has 0 amide bonds. The van der Waals surface area contributed by atoms with Crippen molar-refractivity contribution in [2.75, 3.05) is 0 Å². The third kappa shape index (κ3) is 6.00. The zero-order chi connectivity index (χ0) is 27.0. The maximum atomic E-state index is 16.1. The molecule has 0 aliphatic rings. The van der Waals surface area contributed by atoms with Crippen LogP contribution in [-0.4, -0.2) is 0 Å². The third-order valence-electron chi connectivity index (χ3n) is 9.23. The molecular weight excluding hydrogens is 434 g/mol. The highest BCUT2D eigenvalue weighted by molar-refractivity contribution is 5.45. The normalized spacial score (nSPS) is 13.4. The molecule has 35 heavy (non-hydrogen) atoms. The molecule has 0 radical (unpaired) electrons. The first-order valence-corrected chi connectivity index (χ1v) is 13.6. The molecule has 0 fully saturated rings. The fourth-order valence-corrected chi connectivity index (χ4v) is 4.39. The van der Waals surface area contributed by atoms with Gasteiger partial charge in [0.1, 0.15) is 11.6 Å². The molecule has 2 rings (SSSR count). The molecule has 0 heterocycles. The van der Waals surface area contributed by atoms with Crippen molar-refractivity contribution in [2.45, 2.75) is 137 Å². The molecule has 0 nitrogen and oxygen atoms in total. The minimum absolute atomic E-state index is 0.0824. The average Bonchev–Trinajstić information content (AvgIpc) is 2.80. The highest BCUT2D eigenvalue weighted by atomic mass is 19.1. The average molecular weight is 485 g/mol. The lowest BCUT2D eigenvalue weighted by atomic mass is 9.73. The van der Waals surface area contributed by atoms with Crippen LogP contribution in [0.1, 0.15) is 142 Å². The van der Waals surface area contributed by atoms with E-state index in [1.807, 2.05) is 12.1 Å². The minimum atomic E-state index is -0.293. The first-order valence-electron chi connectivity index (χ1n) is 13.6. The first-order chi connectivity index (χ1) is 16.0. The van der Waals surface area contributed by atoms with Crippen LogP contribution in [0.15, 0.2) is 24.3 Å². The van der Waals surface area contributed by atoms with Crippen molar-refractivity contribution in [2.24, 2.45) is 0 Å². The molecule has 0 unspecified atom stereocenters. The quantitative estimate of drug-likeness (QED) is 0.314. The summed E-state index contributed by atoms with van der Waals surface area (Å²) in [6, 6.07) is 8.11. The van der Waals surface area contributed by atoms with Crippen LogP contribution in [-0.2, 0) is 28.1 Å². The first kappa shape index (κ1) is 29.5. The van der Waals surface area contributed by atoms with E-state index < -0.39 is 0 Å². The van der Waals surface area contributed by atoms with Gasteiger partial charge in [-0.25, -0.2) is 8.78 Å². The Bertz CT molecular complexity index is 954. The minimum Gasteiger partial charge on any atom is -0.206 e. The largest absolute Gasteiger partial charge is 0.206 e. The van der Waals surface area contributed by atoms with Gasteiger partial charge >= 0.3 is 0 Å². The molecule has 0 bridgehead atoms. The van der Waals surface area contributed by atoms with Crippen LogP contribution >= 0.6 is 0 Å². The number of benzene rings is 2. The number of rotatable bonds is 10. The molecule has 2 heteroatoms. The summed E-state index contributed by atoms with van der Waals surface area (Å²) in [5, 5.41) is 0. The Morgan fingerprint density at radius 2 is 0.771 bits per heavy atom. The van der Waals surface area contributed by atoms with Gasteiger partial charge in [0.05, 0.1) is 0 Å². The van der Waals surface area contributed by atoms with Gasteiger partial charge in [0.25, 0.3) is 0 Å². The molecule has 0 atom stereocenters. The van der Waals surface area contributed by atoms with Crippen molar-refractivity contribution in [3.05, 3.63) is 69.3 Å². The van der Waals surface area contributed by atoms with Crippen molar-refractivity contribution in [3.8, 4) is 0 Å². The fourth-order valence-electron chi connectivity index (χ4n) is 4.39. The van der Waals surface area contributed by atoms with Gasteiger partial charge in [0.15, 0.2) is 0 Å². The smallest absolute Gasteiger partial charge is 0.130 e. The predicted molar refractivity (Wildman–Crippen MR) is 149 cm³/mol. The molecule has 0 aliphatic carbocycles. The Hall–Kier alpha value is -1.70. The zero-order valence-electron chi connectivity index (χ0n) is 24.6. The summed E-state index contributed by atoms with van der Waals surface area (Å²) in [6.07, 6.45) is 3.84. The van der Waals surface area contributed by atoms with Crippen LogP contribution in [0.5, 0.6) is 0 Å². The van der Waals surface area contributed by atoms with Crippen molar-refractivity contribution in [3.63, 3.8) is 0 Å².